The number of nitrogens with one attached hydrogen (secondary N) is 1. The van der Waals surface area contributed by atoms with Gasteiger partial charge in [0.25, 0.3) is 0 Å². The van der Waals surface area contributed by atoms with Gasteiger partial charge in [0.1, 0.15) is 0 Å². The molecule has 1 atom stereocenters. The Labute approximate surface area is 86.1 Å². The Balaban J connectivity index is 2.12. The van der Waals surface area contributed by atoms with Crippen LogP contribution < -0.4 is 5.32 Å². The van der Waals surface area contributed by atoms with Crippen molar-refractivity contribution in [3.8, 4) is 12.3 Å². The van der Waals surface area contributed by atoms with Crippen molar-refractivity contribution in [1.29, 1.82) is 0 Å². The fraction of sp³-hybridized carbons (Fsp3) is 0.818. The normalized spacial score (nSPS) is 20.0. The zero-order valence-electron chi connectivity index (χ0n) is 8.38. The summed E-state index contributed by atoms with van der Waals surface area (Å²) in [6.07, 6.45) is 11.0. The van der Waals surface area contributed by atoms with Gasteiger partial charge in [0.05, 0.1) is 6.04 Å². The molecular formula is C11H19NS. The highest BCUT2D eigenvalue weighted by Gasteiger charge is 2.16. The van der Waals surface area contributed by atoms with E-state index < -0.39 is 0 Å². The molecule has 74 valence electrons. The van der Waals surface area contributed by atoms with Crippen molar-refractivity contribution in [2.75, 3.05) is 12.3 Å². The van der Waals surface area contributed by atoms with E-state index in [1.54, 1.807) is 0 Å². The molecular weight excluding hydrogens is 178 g/mol. The van der Waals surface area contributed by atoms with Gasteiger partial charge in [-0.15, -0.1) is 6.42 Å². The molecule has 0 aromatic rings. The highest BCUT2D eigenvalue weighted by molar-refractivity contribution is 7.99. The average Bonchev–Trinajstić information content (AvgIpc) is 2.64. The van der Waals surface area contributed by atoms with E-state index in [0.29, 0.717) is 0 Å². The summed E-state index contributed by atoms with van der Waals surface area (Å²) in [7, 11) is 0. The van der Waals surface area contributed by atoms with Gasteiger partial charge >= 0.3 is 0 Å². The second-order valence-electron chi connectivity index (χ2n) is 3.52. The average molecular weight is 197 g/mol. The number of thioether (sulfide) groups is 1. The van der Waals surface area contributed by atoms with E-state index in [2.05, 4.69) is 29.9 Å². The third-order valence-corrected chi connectivity index (χ3v) is 3.92. The van der Waals surface area contributed by atoms with Crippen molar-refractivity contribution in [1.82, 2.24) is 5.32 Å². The summed E-state index contributed by atoms with van der Waals surface area (Å²) in [6, 6.07) is 0.274. The largest absolute Gasteiger partial charge is 0.303 e. The lowest BCUT2D eigenvalue weighted by Crippen LogP contribution is -2.30. The van der Waals surface area contributed by atoms with E-state index >= 15 is 0 Å². The van der Waals surface area contributed by atoms with Gasteiger partial charge in [0, 0.05) is 11.0 Å². The second kappa shape index (κ2) is 6.34. The summed E-state index contributed by atoms with van der Waals surface area (Å²) < 4.78 is 0. The van der Waals surface area contributed by atoms with Gasteiger partial charge in [0.2, 0.25) is 0 Å². The van der Waals surface area contributed by atoms with Crippen LogP contribution in [0.15, 0.2) is 0 Å². The number of rotatable bonds is 5. The highest BCUT2D eigenvalue weighted by Crippen LogP contribution is 2.29. The van der Waals surface area contributed by atoms with Gasteiger partial charge in [-0.3, -0.25) is 0 Å². The first-order valence-corrected chi connectivity index (χ1v) is 6.22. The molecule has 1 aliphatic carbocycles. The van der Waals surface area contributed by atoms with Crippen LogP contribution in [0.2, 0.25) is 0 Å². The van der Waals surface area contributed by atoms with Gasteiger partial charge < -0.3 is 5.32 Å². The van der Waals surface area contributed by atoms with Crippen LogP contribution in [-0.4, -0.2) is 23.6 Å². The Morgan fingerprint density at radius 3 is 2.77 bits per heavy atom. The molecule has 0 aromatic heterocycles. The predicted molar refractivity (Wildman–Crippen MR) is 61.0 cm³/mol. The van der Waals surface area contributed by atoms with Crippen molar-refractivity contribution in [2.45, 2.75) is 43.9 Å². The minimum Gasteiger partial charge on any atom is -0.303 e. The Kier molecular flexibility index (Phi) is 5.34. The summed E-state index contributed by atoms with van der Waals surface area (Å²) in [6.45, 7) is 3.07. The van der Waals surface area contributed by atoms with E-state index in [9.17, 15) is 0 Å². The van der Waals surface area contributed by atoms with Crippen molar-refractivity contribution in [3.05, 3.63) is 0 Å². The van der Waals surface area contributed by atoms with E-state index in [1.807, 2.05) is 0 Å². The van der Waals surface area contributed by atoms with Crippen LogP contribution in [-0.2, 0) is 0 Å². The third-order valence-electron chi connectivity index (χ3n) is 2.45. The molecule has 0 aliphatic heterocycles. The van der Waals surface area contributed by atoms with Gasteiger partial charge in [-0.2, -0.15) is 11.8 Å². The van der Waals surface area contributed by atoms with Crippen molar-refractivity contribution in [2.24, 2.45) is 0 Å². The van der Waals surface area contributed by atoms with E-state index in [4.69, 9.17) is 6.42 Å². The maximum Gasteiger partial charge on any atom is 0.0778 e. The molecule has 1 unspecified atom stereocenters. The van der Waals surface area contributed by atoms with Gasteiger partial charge in [0.15, 0.2) is 0 Å². The van der Waals surface area contributed by atoms with Gasteiger partial charge in [-0.25, -0.2) is 0 Å². The first-order chi connectivity index (χ1) is 6.36. The molecule has 1 N–H and O–H groups in total. The zero-order chi connectivity index (χ0) is 9.52. The van der Waals surface area contributed by atoms with Crippen LogP contribution >= 0.6 is 11.8 Å². The first kappa shape index (κ1) is 10.9. The minimum absolute atomic E-state index is 0.274. The Hall–Kier alpha value is -0.130. The lowest BCUT2D eigenvalue weighted by Gasteiger charge is -2.14. The molecule has 0 radical (unpaired) electrons. The van der Waals surface area contributed by atoms with Crippen molar-refractivity contribution >= 4 is 11.8 Å². The van der Waals surface area contributed by atoms with Crippen LogP contribution in [0.3, 0.4) is 0 Å². The monoisotopic (exact) mass is 197 g/mol. The molecule has 0 spiro atoms. The number of terminal acetylenes is 1. The molecule has 0 aromatic carbocycles. The fourth-order valence-electron chi connectivity index (χ4n) is 1.70. The Morgan fingerprint density at radius 2 is 2.23 bits per heavy atom. The van der Waals surface area contributed by atoms with Crippen LogP contribution in [0, 0.1) is 12.3 Å². The van der Waals surface area contributed by atoms with E-state index in [0.717, 1.165) is 17.5 Å². The van der Waals surface area contributed by atoms with E-state index in [1.165, 1.54) is 25.7 Å². The molecule has 0 amide bonds. The predicted octanol–water partition coefficient (Wildman–Crippen LogP) is 2.27. The molecule has 1 nitrogen and oxygen atoms in total. The molecule has 1 aliphatic rings. The summed E-state index contributed by atoms with van der Waals surface area (Å²) >= 11 is 2.05. The van der Waals surface area contributed by atoms with E-state index in [-0.39, 0.29) is 6.04 Å². The Morgan fingerprint density at radius 1 is 1.54 bits per heavy atom. The van der Waals surface area contributed by atoms with Crippen LogP contribution in [0.1, 0.15) is 32.6 Å². The smallest absolute Gasteiger partial charge is 0.0778 e. The molecule has 0 saturated heterocycles. The maximum absolute atomic E-state index is 5.42. The standard InChI is InChI=1S/C11H19NS/c1-3-10(12-4-2)9-13-11-7-5-6-8-11/h1,10-12H,4-9H2,2H3. The summed E-state index contributed by atoms with van der Waals surface area (Å²) in [5.41, 5.74) is 0. The SMILES string of the molecule is C#CC(CSC1CCCC1)NCC. The summed E-state index contributed by atoms with van der Waals surface area (Å²) in [5, 5.41) is 4.18. The molecule has 2 heteroatoms. The lowest BCUT2D eigenvalue weighted by atomic mass is 10.3. The topological polar surface area (TPSA) is 12.0 Å². The van der Waals surface area contributed by atoms with Crippen molar-refractivity contribution in [3.63, 3.8) is 0 Å². The molecule has 13 heavy (non-hydrogen) atoms. The van der Waals surface area contributed by atoms with Gasteiger partial charge in [-0.05, 0) is 19.4 Å². The zero-order valence-corrected chi connectivity index (χ0v) is 9.20. The molecule has 0 heterocycles. The summed E-state index contributed by atoms with van der Waals surface area (Å²) in [5.74, 6) is 3.87. The quantitative estimate of drug-likeness (QED) is 0.679. The lowest BCUT2D eigenvalue weighted by molar-refractivity contribution is 0.682. The van der Waals surface area contributed by atoms with Crippen molar-refractivity contribution < 1.29 is 0 Å². The highest BCUT2D eigenvalue weighted by atomic mass is 32.2. The minimum atomic E-state index is 0.274. The molecule has 1 saturated carbocycles. The third kappa shape index (κ3) is 4.06. The Bertz CT molecular complexity index is 167. The van der Waals surface area contributed by atoms with Crippen LogP contribution in [0.4, 0.5) is 0 Å². The molecule has 1 rings (SSSR count). The van der Waals surface area contributed by atoms with Crippen LogP contribution in [0.5, 0.6) is 0 Å². The molecule has 1 fully saturated rings. The van der Waals surface area contributed by atoms with Gasteiger partial charge in [-0.1, -0.05) is 25.7 Å². The molecule has 0 bridgehead atoms. The number of hydrogen-bond donors (Lipinski definition) is 1. The maximum atomic E-state index is 5.42. The van der Waals surface area contributed by atoms with Crippen LogP contribution in [0.25, 0.3) is 0 Å². The fourth-order valence-corrected chi connectivity index (χ4v) is 3.05. The second-order valence-corrected chi connectivity index (χ2v) is 4.85. The first-order valence-electron chi connectivity index (χ1n) is 5.18. The summed E-state index contributed by atoms with van der Waals surface area (Å²) in [4.78, 5) is 0. The number of hydrogen-bond acceptors (Lipinski definition) is 2.